The third-order valence-corrected chi connectivity index (χ3v) is 2.90. The van der Waals surface area contributed by atoms with Crippen LogP contribution in [-0.4, -0.2) is 17.7 Å². The molecule has 0 aliphatic carbocycles. The normalized spacial score (nSPS) is 23.7. The Morgan fingerprint density at radius 2 is 2.07 bits per heavy atom. The first-order valence-electron chi connectivity index (χ1n) is 5.25. The number of hydrogen-bond acceptors (Lipinski definition) is 2. The molecule has 0 radical (unpaired) electrons. The minimum atomic E-state index is -0.349. The molecule has 1 saturated heterocycles. The molecule has 0 spiro atoms. The van der Waals surface area contributed by atoms with Crippen LogP contribution in [0.15, 0.2) is 24.3 Å². The summed E-state index contributed by atoms with van der Waals surface area (Å²) in [6.07, 6.45) is 1.90. The number of rotatable bonds is 2. The number of hydrogen-bond donors (Lipinski definition) is 2. The predicted molar refractivity (Wildman–Crippen MR) is 57.2 cm³/mol. The molecule has 2 N–H and O–H groups in total. The minimum absolute atomic E-state index is 0.248. The van der Waals surface area contributed by atoms with Gasteiger partial charge in [-0.3, -0.25) is 0 Å². The predicted octanol–water partition coefficient (Wildman–Crippen LogP) is 1.78. The van der Waals surface area contributed by atoms with Crippen LogP contribution >= 0.6 is 0 Å². The van der Waals surface area contributed by atoms with Gasteiger partial charge in [-0.15, -0.1) is 0 Å². The Kier molecular flexibility index (Phi) is 2.85. The van der Waals surface area contributed by atoms with Crippen LogP contribution in [0.4, 0.5) is 0 Å². The Morgan fingerprint density at radius 3 is 2.64 bits per heavy atom. The first-order valence-corrected chi connectivity index (χ1v) is 5.25. The summed E-state index contributed by atoms with van der Waals surface area (Å²) in [6, 6.07) is 8.37. The van der Waals surface area contributed by atoms with Crippen LogP contribution in [0.5, 0.6) is 0 Å². The molecular formula is C12H17NO. The van der Waals surface area contributed by atoms with Crippen LogP contribution in [0.2, 0.25) is 0 Å². The molecule has 0 amide bonds. The topological polar surface area (TPSA) is 32.3 Å². The Labute approximate surface area is 85.0 Å². The second-order valence-corrected chi connectivity index (χ2v) is 4.06. The van der Waals surface area contributed by atoms with Crippen LogP contribution in [0, 0.1) is 6.92 Å². The van der Waals surface area contributed by atoms with E-state index in [1.165, 1.54) is 12.0 Å². The van der Waals surface area contributed by atoms with Crippen LogP contribution < -0.4 is 5.32 Å². The van der Waals surface area contributed by atoms with Crippen LogP contribution in [0.3, 0.4) is 0 Å². The monoisotopic (exact) mass is 191 g/mol. The lowest BCUT2D eigenvalue weighted by atomic mass is 10.0. The smallest absolute Gasteiger partial charge is 0.0942 e. The summed E-state index contributed by atoms with van der Waals surface area (Å²) in [6.45, 7) is 3.09. The van der Waals surface area contributed by atoms with E-state index in [0.29, 0.717) is 0 Å². The maximum absolute atomic E-state index is 10.0. The van der Waals surface area contributed by atoms with Crippen molar-refractivity contribution in [2.24, 2.45) is 0 Å². The fourth-order valence-corrected chi connectivity index (χ4v) is 1.98. The Balaban J connectivity index is 2.09. The van der Waals surface area contributed by atoms with E-state index >= 15 is 0 Å². The second kappa shape index (κ2) is 4.11. The van der Waals surface area contributed by atoms with Gasteiger partial charge in [-0.1, -0.05) is 29.8 Å². The van der Waals surface area contributed by atoms with Crippen molar-refractivity contribution in [1.29, 1.82) is 0 Å². The van der Waals surface area contributed by atoms with Crippen molar-refractivity contribution in [1.82, 2.24) is 5.32 Å². The van der Waals surface area contributed by atoms with Gasteiger partial charge in [-0.05, 0) is 31.9 Å². The van der Waals surface area contributed by atoms with E-state index in [1.807, 2.05) is 24.3 Å². The fraction of sp³-hybridized carbons (Fsp3) is 0.500. The first kappa shape index (κ1) is 9.69. The van der Waals surface area contributed by atoms with Crippen molar-refractivity contribution >= 4 is 0 Å². The van der Waals surface area contributed by atoms with Gasteiger partial charge in [0.25, 0.3) is 0 Å². The van der Waals surface area contributed by atoms with Crippen LogP contribution in [-0.2, 0) is 0 Å². The van der Waals surface area contributed by atoms with E-state index in [2.05, 4.69) is 12.2 Å². The van der Waals surface area contributed by atoms with Crippen molar-refractivity contribution in [2.45, 2.75) is 31.9 Å². The van der Waals surface area contributed by atoms with Gasteiger partial charge < -0.3 is 10.4 Å². The van der Waals surface area contributed by atoms with E-state index < -0.39 is 0 Å². The molecule has 76 valence electrons. The van der Waals surface area contributed by atoms with Crippen LogP contribution in [0.1, 0.15) is 30.1 Å². The summed E-state index contributed by atoms with van der Waals surface area (Å²) < 4.78 is 0. The molecule has 1 aromatic carbocycles. The molecule has 2 heteroatoms. The van der Waals surface area contributed by atoms with E-state index in [4.69, 9.17) is 0 Å². The molecule has 0 unspecified atom stereocenters. The molecule has 1 aliphatic heterocycles. The van der Waals surface area contributed by atoms with Crippen molar-refractivity contribution < 1.29 is 5.11 Å². The molecule has 2 rings (SSSR count). The first-order chi connectivity index (χ1) is 6.77. The molecule has 0 bridgehead atoms. The van der Waals surface area contributed by atoms with E-state index in [1.54, 1.807) is 0 Å². The zero-order valence-corrected chi connectivity index (χ0v) is 8.53. The summed E-state index contributed by atoms with van der Waals surface area (Å²) >= 11 is 0. The van der Waals surface area contributed by atoms with Crippen molar-refractivity contribution in [2.75, 3.05) is 6.54 Å². The average Bonchev–Trinajstić information content (AvgIpc) is 2.71. The minimum Gasteiger partial charge on any atom is -0.387 e. The molecule has 0 aromatic heterocycles. The summed E-state index contributed by atoms with van der Waals surface area (Å²) in [5.74, 6) is 0. The molecule has 2 nitrogen and oxygen atoms in total. The molecular weight excluding hydrogens is 174 g/mol. The van der Waals surface area contributed by atoms with Gasteiger partial charge in [0.2, 0.25) is 0 Å². The maximum Gasteiger partial charge on any atom is 0.0942 e. The maximum atomic E-state index is 10.0. The molecule has 1 aliphatic rings. The van der Waals surface area contributed by atoms with Gasteiger partial charge in [-0.2, -0.15) is 0 Å². The lowest BCUT2D eigenvalue weighted by Crippen LogP contribution is -2.28. The summed E-state index contributed by atoms with van der Waals surface area (Å²) in [5.41, 5.74) is 2.26. The molecule has 14 heavy (non-hydrogen) atoms. The Hall–Kier alpha value is -0.860. The van der Waals surface area contributed by atoms with E-state index in [9.17, 15) is 5.11 Å². The number of nitrogens with one attached hydrogen (secondary N) is 1. The molecule has 2 atom stereocenters. The standard InChI is InChI=1S/C12H17NO/c1-9-4-6-10(7-5-9)12(14)11-3-2-8-13-11/h4-7,11-14H,2-3,8H2,1H3/t11-,12+/m1/s1. The summed E-state index contributed by atoms with van der Waals surface area (Å²) in [5, 5.41) is 13.4. The number of aliphatic hydroxyl groups excluding tert-OH is 1. The third-order valence-electron chi connectivity index (χ3n) is 2.90. The highest BCUT2D eigenvalue weighted by Gasteiger charge is 2.23. The van der Waals surface area contributed by atoms with Gasteiger partial charge >= 0.3 is 0 Å². The SMILES string of the molecule is Cc1ccc([C@H](O)[C@H]2CCCN2)cc1. The highest BCUT2D eigenvalue weighted by molar-refractivity contribution is 5.24. The molecule has 1 aromatic rings. The second-order valence-electron chi connectivity index (χ2n) is 4.06. The van der Waals surface area contributed by atoms with Gasteiger partial charge in [0.15, 0.2) is 0 Å². The van der Waals surface area contributed by atoms with E-state index in [-0.39, 0.29) is 12.1 Å². The highest BCUT2D eigenvalue weighted by Crippen LogP contribution is 2.22. The fourth-order valence-electron chi connectivity index (χ4n) is 1.98. The van der Waals surface area contributed by atoms with Crippen LogP contribution in [0.25, 0.3) is 0 Å². The molecule has 0 saturated carbocycles. The molecule has 1 heterocycles. The average molecular weight is 191 g/mol. The summed E-state index contributed by atoms with van der Waals surface area (Å²) in [4.78, 5) is 0. The lowest BCUT2D eigenvalue weighted by Gasteiger charge is -2.18. The zero-order valence-electron chi connectivity index (χ0n) is 8.53. The zero-order chi connectivity index (χ0) is 9.97. The molecule has 1 fully saturated rings. The lowest BCUT2D eigenvalue weighted by molar-refractivity contribution is 0.137. The van der Waals surface area contributed by atoms with Gasteiger partial charge in [0.05, 0.1) is 6.10 Å². The van der Waals surface area contributed by atoms with Gasteiger partial charge in [-0.25, -0.2) is 0 Å². The van der Waals surface area contributed by atoms with Crippen molar-refractivity contribution in [3.63, 3.8) is 0 Å². The van der Waals surface area contributed by atoms with Gasteiger partial charge in [0, 0.05) is 6.04 Å². The highest BCUT2D eigenvalue weighted by atomic mass is 16.3. The van der Waals surface area contributed by atoms with Crippen molar-refractivity contribution in [3.05, 3.63) is 35.4 Å². The Morgan fingerprint density at radius 1 is 1.36 bits per heavy atom. The quantitative estimate of drug-likeness (QED) is 0.747. The largest absolute Gasteiger partial charge is 0.387 e. The van der Waals surface area contributed by atoms with Gasteiger partial charge in [0.1, 0.15) is 0 Å². The third kappa shape index (κ3) is 1.97. The number of benzene rings is 1. The van der Waals surface area contributed by atoms with E-state index in [0.717, 1.165) is 18.5 Å². The summed E-state index contributed by atoms with van der Waals surface area (Å²) in [7, 11) is 0. The number of aliphatic hydroxyl groups is 1. The van der Waals surface area contributed by atoms with Crippen molar-refractivity contribution in [3.8, 4) is 0 Å². The number of aryl methyl sites for hydroxylation is 1. The Bertz CT molecular complexity index is 288.